The first-order valence-corrected chi connectivity index (χ1v) is 7.41. The lowest BCUT2D eigenvalue weighted by Gasteiger charge is -2.18. The highest BCUT2D eigenvalue weighted by Crippen LogP contribution is 2.25. The fourth-order valence-electron chi connectivity index (χ4n) is 2.55. The monoisotopic (exact) mass is 325 g/mol. The SMILES string of the molecule is C[C@H](OC[C@H]1CCOC1)c1c(C(=O)O)cnc2cc(Cl)nn12. The van der Waals surface area contributed by atoms with E-state index in [0.29, 0.717) is 30.5 Å². The number of rotatable bonds is 5. The van der Waals surface area contributed by atoms with E-state index in [1.54, 1.807) is 13.0 Å². The van der Waals surface area contributed by atoms with Crippen LogP contribution in [-0.4, -0.2) is 45.5 Å². The highest BCUT2D eigenvalue weighted by Gasteiger charge is 2.24. The van der Waals surface area contributed by atoms with Crippen LogP contribution in [0.3, 0.4) is 0 Å². The quantitative estimate of drug-likeness (QED) is 0.907. The third kappa shape index (κ3) is 2.92. The lowest BCUT2D eigenvalue weighted by atomic mass is 10.1. The number of aromatic carboxylic acids is 1. The highest BCUT2D eigenvalue weighted by molar-refractivity contribution is 6.29. The van der Waals surface area contributed by atoms with Gasteiger partial charge in [-0.15, -0.1) is 0 Å². The largest absolute Gasteiger partial charge is 0.478 e. The van der Waals surface area contributed by atoms with Crippen molar-refractivity contribution in [1.29, 1.82) is 0 Å². The van der Waals surface area contributed by atoms with E-state index in [1.165, 1.54) is 10.7 Å². The molecule has 1 aliphatic rings. The molecule has 7 nitrogen and oxygen atoms in total. The number of ether oxygens (including phenoxy) is 2. The van der Waals surface area contributed by atoms with Gasteiger partial charge in [-0.05, 0) is 13.3 Å². The molecule has 1 fully saturated rings. The van der Waals surface area contributed by atoms with Crippen LogP contribution >= 0.6 is 11.6 Å². The molecule has 2 atom stereocenters. The van der Waals surface area contributed by atoms with Crippen LogP contribution in [0.15, 0.2) is 12.3 Å². The lowest BCUT2D eigenvalue weighted by Crippen LogP contribution is -2.18. The van der Waals surface area contributed by atoms with Crippen LogP contribution < -0.4 is 0 Å². The van der Waals surface area contributed by atoms with Crippen molar-refractivity contribution in [3.8, 4) is 0 Å². The highest BCUT2D eigenvalue weighted by atomic mass is 35.5. The Balaban J connectivity index is 1.91. The number of aromatic nitrogens is 3. The molecule has 22 heavy (non-hydrogen) atoms. The van der Waals surface area contributed by atoms with E-state index < -0.39 is 12.1 Å². The van der Waals surface area contributed by atoms with Crippen molar-refractivity contribution in [2.24, 2.45) is 5.92 Å². The maximum Gasteiger partial charge on any atom is 0.339 e. The molecule has 2 aromatic heterocycles. The summed E-state index contributed by atoms with van der Waals surface area (Å²) >= 11 is 5.90. The molecule has 0 bridgehead atoms. The minimum absolute atomic E-state index is 0.0578. The molecule has 1 saturated heterocycles. The van der Waals surface area contributed by atoms with Crippen LogP contribution in [0.2, 0.25) is 5.15 Å². The molecule has 3 heterocycles. The van der Waals surface area contributed by atoms with Gasteiger partial charge in [0.2, 0.25) is 0 Å². The third-order valence-electron chi connectivity index (χ3n) is 3.71. The van der Waals surface area contributed by atoms with Gasteiger partial charge in [0.15, 0.2) is 10.8 Å². The molecule has 118 valence electrons. The van der Waals surface area contributed by atoms with Crippen molar-refractivity contribution in [3.63, 3.8) is 0 Å². The molecule has 1 aliphatic heterocycles. The summed E-state index contributed by atoms with van der Waals surface area (Å²) in [4.78, 5) is 15.5. The topological polar surface area (TPSA) is 86.0 Å². The first kappa shape index (κ1) is 15.2. The van der Waals surface area contributed by atoms with Crippen molar-refractivity contribution < 1.29 is 19.4 Å². The van der Waals surface area contributed by atoms with Crippen molar-refractivity contribution >= 4 is 23.2 Å². The first-order chi connectivity index (χ1) is 10.6. The van der Waals surface area contributed by atoms with Crippen LogP contribution in [-0.2, 0) is 9.47 Å². The van der Waals surface area contributed by atoms with E-state index in [-0.39, 0.29) is 10.7 Å². The van der Waals surface area contributed by atoms with Crippen LogP contribution in [0.25, 0.3) is 5.65 Å². The molecular weight excluding hydrogens is 310 g/mol. The second-order valence-corrected chi connectivity index (χ2v) is 5.69. The molecule has 0 radical (unpaired) electrons. The summed E-state index contributed by atoms with van der Waals surface area (Å²) in [7, 11) is 0. The molecule has 0 aliphatic carbocycles. The van der Waals surface area contributed by atoms with Gasteiger partial charge in [0.1, 0.15) is 5.56 Å². The van der Waals surface area contributed by atoms with E-state index in [1.807, 2.05) is 0 Å². The summed E-state index contributed by atoms with van der Waals surface area (Å²) in [5.41, 5.74) is 0.982. The molecule has 0 aromatic carbocycles. The van der Waals surface area contributed by atoms with Crippen molar-refractivity contribution in [1.82, 2.24) is 14.6 Å². The second kappa shape index (κ2) is 6.20. The van der Waals surface area contributed by atoms with Gasteiger partial charge in [-0.3, -0.25) is 0 Å². The first-order valence-electron chi connectivity index (χ1n) is 7.03. The smallest absolute Gasteiger partial charge is 0.339 e. The molecule has 1 N–H and O–H groups in total. The lowest BCUT2D eigenvalue weighted by molar-refractivity contribution is 0.0308. The average Bonchev–Trinajstić information content (AvgIpc) is 3.11. The number of nitrogens with zero attached hydrogens (tertiary/aromatic N) is 3. The van der Waals surface area contributed by atoms with E-state index in [4.69, 9.17) is 21.1 Å². The van der Waals surface area contributed by atoms with Crippen molar-refractivity contribution in [2.75, 3.05) is 19.8 Å². The zero-order valence-corrected chi connectivity index (χ0v) is 12.8. The minimum atomic E-state index is -1.07. The number of fused-ring (bicyclic) bond motifs is 1. The molecule has 0 spiro atoms. The van der Waals surface area contributed by atoms with E-state index in [0.717, 1.165) is 13.0 Å². The van der Waals surface area contributed by atoms with E-state index in [9.17, 15) is 9.90 Å². The van der Waals surface area contributed by atoms with E-state index >= 15 is 0 Å². The van der Waals surface area contributed by atoms with Crippen molar-refractivity contribution in [2.45, 2.75) is 19.4 Å². The maximum absolute atomic E-state index is 11.4. The minimum Gasteiger partial charge on any atom is -0.478 e. The molecule has 0 saturated carbocycles. The third-order valence-corrected chi connectivity index (χ3v) is 3.90. The summed E-state index contributed by atoms with van der Waals surface area (Å²) in [6, 6.07) is 1.58. The van der Waals surface area contributed by atoms with Gasteiger partial charge in [-0.1, -0.05) is 11.6 Å². The molecule has 0 unspecified atom stereocenters. The summed E-state index contributed by atoms with van der Waals surface area (Å²) in [6.45, 7) is 3.74. The number of hydrogen-bond donors (Lipinski definition) is 1. The Morgan fingerprint density at radius 1 is 1.68 bits per heavy atom. The Bertz CT molecular complexity index is 697. The predicted octanol–water partition coefficient (Wildman–Crippen LogP) is 2.20. The normalized spacial score (nSPS) is 19.6. The number of carboxylic acid groups (broad SMARTS) is 1. The molecule has 8 heteroatoms. The van der Waals surface area contributed by atoms with Crippen LogP contribution in [0, 0.1) is 5.92 Å². The number of halogens is 1. The summed E-state index contributed by atoms with van der Waals surface area (Å²) in [5.74, 6) is -0.732. The zero-order chi connectivity index (χ0) is 15.7. The average molecular weight is 326 g/mol. The molecular formula is C14H16ClN3O4. The number of carbonyl (C=O) groups is 1. The maximum atomic E-state index is 11.4. The zero-order valence-electron chi connectivity index (χ0n) is 12.0. The van der Waals surface area contributed by atoms with Crippen molar-refractivity contribution in [3.05, 3.63) is 28.7 Å². The Morgan fingerprint density at radius 2 is 2.50 bits per heavy atom. The van der Waals surface area contributed by atoms with Gasteiger partial charge in [0.05, 0.1) is 25.0 Å². The Kier molecular flexibility index (Phi) is 4.28. The van der Waals surface area contributed by atoms with Gasteiger partial charge < -0.3 is 14.6 Å². The van der Waals surface area contributed by atoms with Crippen LogP contribution in [0.4, 0.5) is 0 Å². The van der Waals surface area contributed by atoms with E-state index in [2.05, 4.69) is 10.1 Å². The Labute approximate surface area is 131 Å². The van der Waals surface area contributed by atoms with Gasteiger partial charge in [-0.25, -0.2) is 14.3 Å². The molecule has 3 rings (SSSR count). The standard InChI is InChI=1S/C14H16ClN3O4/c1-8(22-7-9-2-3-21-6-9)13-10(14(19)20)5-16-12-4-11(15)17-18(12)13/h4-5,8-9H,2-3,6-7H2,1H3,(H,19,20)/t8-,9-/m0/s1. The number of carboxylic acids is 1. The van der Waals surface area contributed by atoms with Crippen LogP contribution in [0.5, 0.6) is 0 Å². The van der Waals surface area contributed by atoms with Gasteiger partial charge >= 0.3 is 5.97 Å². The fourth-order valence-corrected chi connectivity index (χ4v) is 2.73. The fraction of sp³-hybridized carbons (Fsp3) is 0.500. The summed E-state index contributed by atoms with van der Waals surface area (Å²) < 4.78 is 12.6. The summed E-state index contributed by atoms with van der Waals surface area (Å²) in [5, 5.41) is 13.7. The predicted molar refractivity (Wildman–Crippen MR) is 78.2 cm³/mol. The molecule has 0 amide bonds. The summed E-state index contributed by atoms with van der Waals surface area (Å²) in [6.07, 6.45) is 1.81. The van der Waals surface area contributed by atoms with Gasteiger partial charge in [-0.2, -0.15) is 5.10 Å². The Morgan fingerprint density at radius 3 is 3.18 bits per heavy atom. The van der Waals surface area contributed by atoms with Crippen LogP contribution in [0.1, 0.15) is 35.5 Å². The Hall–Kier alpha value is -1.70. The second-order valence-electron chi connectivity index (χ2n) is 5.30. The van der Waals surface area contributed by atoms with Gasteiger partial charge in [0.25, 0.3) is 0 Å². The number of hydrogen-bond acceptors (Lipinski definition) is 5. The molecule has 2 aromatic rings. The van der Waals surface area contributed by atoms with Gasteiger partial charge in [0, 0.05) is 24.8 Å².